The maximum atomic E-state index is 13.0. The Hall–Kier alpha value is -1.24. The third-order valence-electron chi connectivity index (χ3n) is 2.46. The number of hydrogen-bond acceptors (Lipinski definition) is 8. The van der Waals surface area contributed by atoms with Crippen molar-refractivity contribution in [3.63, 3.8) is 0 Å². The summed E-state index contributed by atoms with van der Waals surface area (Å²) in [6, 6.07) is 0.227. The zero-order chi connectivity index (χ0) is 16.8. The minimum atomic E-state index is -3.55. The van der Waals surface area contributed by atoms with E-state index in [1.807, 2.05) is 27.7 Å². The summed E-state index contributed by atoms with van der Waals surface area (Å²) in [5.41, 5.74) is 0.659. The average molecular weight is 331 g/mol. The number of anilines is 2. The summed E-state index contributed by atoms with van der Waals surface area (Å²) >= 11 is 0. The second kappa shape index (κ2) is 8.41. The molecular weight excluding hydrogens is 305 g/mol. The standard InChI is InChI=1S/C13H26N5O3P/c1-7-20-22(19,21-8-2)13-11(14-9(3)4)12(15-10(5)6)16-18-17-13/h9-10H,7-8H2,1-6H3,(H,14,18)(H,15,16,17). The molecule has 0 unspecified atom stereocenters. The molecule has 0 aromatic carbocycles. The van der Waals surface area contributed by atoms with Crippen molar-refractivity contribution in [1.29, 1.82) is 0 Å². The first-order valence-electron chi connectivity index (χ1n) is 7.50. The van der Waals surface area contributed by atoms with Gasteiger partial charge in [-0.15, -0.1) is 10.2 Å². The zero-order valence-electron chi connectivity index (χ0n) is 14.1. The summed E-state index contributed by atoms with van der Waals surface area (Å²) in [6.45, 7) is 11.9. The minimum absolute atomic E-state index is 0.0918. The fraction of sp³-hybridized carbons (Fsp3) is 0.769. The van der Waals surface area contributed by atoms with Gasteiger partial charge in [0.15, 0.2) is 5.82 Å². The molecule has 1 rings (SSSR count). The molecule has 0 amide bonds. The van der Waals surface area contributed by atoms with Gasteiger partial charge in [0.1, 0.15) is 5.69 Å². The summed E-state index contributed by atoms with van der Waals surface area (Å²) in [5, 5.41) is 18.0. The van der Waals surface area contributed by atoms with E-state index in [1.54, 1.807) is 13.8 Å². The Morgan fingerprint density at radius 3 is 2.00 bits per heavy atom. The number of rotatable bonds is 9. The van der Waals surface area contributed by atoms with Crippen LogP contribution >= 0.6 is 7.60 Å². The fourth-order valence-corrected chi connectivity index (χ4v) is 3.40. The van der Waals surface area contributed by atoms with Gasteiger partial charge in [0.05, 0.1) is 13.2 Å². The first-order chi connectivity index (χ1) is 10.3. The Morgan fingerprint density at radius 1 is 1.00 bits per heavy atom. The smallest absolute Gasteiger partial charge is 0.378 e. The van der Waals surface area contributed by atoms with Gasteiger partial charge in [-0.3, -0.25) is 4.57 Å². The lowest BCUT2D eigenvalue weighted by molar-refractivity contribution is 0.229. The highest BCUT2D eigenvalue weighted by Crippen LogP contribution is 2.48. The Labute approximate surface area is 131 Å². The SMILES string of the molecule is CCOP(=O)(OCC)c1nnnc(NC(C)C)c1NC(C)C. The van der Waals surface area contributed by atoms with E-state index in [0.29, 0.717) is 11.5 Å². The number of aromatic nitrogens is 3. The molecule has 126 valence electrons. The van der Waals surface area contributed by atoms with E-state index in [0.717, 1.165) is 0 Å². The van der Waals surface area contributed by atoms with Crippen LogP contribution in [0.1, 0.15) is 41.5 Å². The molecule has 1 aromatic heterocycles. The molecule has 0 spiro atoms. The van der Waals surface area contributed by atoms with Gasteiger partial charge >= 0.3 is 7.60 Å². The first-order valence-corrected chi connectivity index (χ1v) is 9.04. The third-order valence-corrected chi connectivity index (χ3v) is 4.49. The van der Waals surface area contributed by atoms with E-state index in [9.17, 15) is 4.57 Å². The summed E-state index contributed by atoms with van der Waals surface area (Å²) in [4.78, 5) is 0. The lowest BCUT2D eigenvalue weighted by Gasteiger charge is -2.22. The molecular formula is C13H26N5O3P. The molecule has 0 aliphatic heterocycles. The van der Waals surface area contributed by atoms with Gasteiger partial charge in [0.2, 0.25) is 5.44 Å². The molecule has 0 aliphatic rings. The molecule has 0 bridgehead atoms. The topological polar surface area (TPSA) is 98.3 Å². The van der Waals surface area contributed by atoms with Crippen molar-refractivity contribution in [1.82, 2.24) is 15.4 Å². The molecule has 1 aromatic rings. The molecule has 0 saturated heterocycles. The summed E-state index contributed by atoms with van der Waals surface area (Å²) in [5.74, 6) is 0.480. The van der Waals surface area contributed by atoms with Gasteiger partial charge in [-0.05, 0) is 46.8 Å². The van der Waals surface area contributed by atoms with Crippen LogP contribution in [0.25, 0.3) is 0 Å². The fourth-order valence-electron chi connectivity index (χ4n) is 1.80. The predicted octanol–water partition coefficient (Wildman–Crippen LogP) is 2.40. The van der Waals surface area contributed by atoms with Crippen LogP contribution in [0.15, 0.2) is 0 Å². The average Bonchev–Trinajstić information content (AvgIpc) is 2.40. The molecule has 0 atom stereocenters. The zero-order valence-corrected chi connectivity index (χ0v) is 15.0. The van der Waals surface area contributed by atoms with Crippen LogP contribution in [0.3, 0.4) is 0 Å². The molecule has 9 heteroatoms. The van der Waals surface area contributed by atoms with Crippen molar-refractivity contribution in [2.24, 2.45) is 0 Å². The van der Waals surface area contributed by atoms with E-state index in [1.165, 1.54) is 0 Å². The Balaban J connectivity index is 3.40. The van der Waals surface area contributed by atoms with Crippen LogP contribution in [0.5, 0.6) is 0 Å². The quantitative estimate of drug-likeness (QED) is 0.666. The largest absolute Gasteiger partial charge is 0.383 e. The molecule has 1 heterocycles. The first kappa shape index (κ1) is 18.8. The normalized spacial score (nSPS) is 12.0. The van der Waals surface area contributed by atoms with Crippen LogP contribution < -0.4 is 16.1 Å². The van der Waals surface area contributed by atoms with Crippen molar-refractivity contribution in [2.45, 2.75) is 53.6 Å². The van der Waals surface area contributed by atoms with E-state index >= 15 is 0 Å². The Kier molecular flexibility index (Phi) is 7.19. The number of hydrogen-bond donors (Lipinski definition) is 2. The van der Waals surface area contributed by atoms with Gasteiger partial charge in [-0.1, -0.05) is 0 Å². The summed E-state index contributed by atoms with van der Waals surface area (Å²) < 4.78 is 23.8. The molecule has 0 saturated carbocycles. The minimum Gasteiger partial charge on any atom is -0.378 e. The molecule has 0 radical (unpaired) electrons. The third kappa shape index (κ3) is 4.90. The van der Waals surface area contributed by atoms with Crippen LogP contribution in [0.4, 0.5) is 11.5 Å². The van der Waals surface area contributed by atoms with Crippen LogP contribution in [-0.2, 0) is 13.6 Å². The van der Waals surface area contributed by atoms with Gasteiger partial charge in [0.25, 0.3) is 0 Å². The van der Waals surface area contributed by atoms with Crippen molar-refractivity contribution in [2.75, 3.05) is 23.8 Å². The van der Waals surface area contributed by atoms with Gasteiger partial charge in [-0.25, -0.2) is 0 Å². The maximum absolute atomic E-state index is 13.0. The van der Waals surface area contributed by atoms with E-state index in [2.05, 4.69) is 26.0 Å². The van der Waals surface area contributed by atoms with Crippen LogP contribution in [0.2, 0.25) is 0 Å². The van der Waals surface area contributed by atoms with Crippen molar-refractivity contribution in [3.8, 4) is 0 Å². The predicted molar refractivity (Wildman–Crippen MR) is 87.8 cm³/mol. The maximum Gasteiger partial charge on any atom is 0.383 e. The molecule has 2 N–H and O–H groups in total. The highest BCUT2D eigenvalue weighted by atomic mass is 31.2. The monoisotopic (exact) mass is 331 g/mol. The lowest BCUT2D eigenvalue weighted by atomic mass is 10.3. The Bertz CT molecular complexity index is 514. The highest BCUT2D eigenvalue weighted by Gasteiger charge is 2.34. The second-order valence-corrected chi connectivity index (χ2v) is 7.20. The second-order valence-electron chi connectivity index (χ2n) is 5.27. The van der Waals surface area contributed by atoms with Crippen molar-refractivity contribution >= 4 is 24.5 Å². The van der Waals surface area contributed by atoms with Gasteiger partial charge in [0, 0.05) is 12.1 Å². The van der Waals surface area contributed by atoms with Crippen molar-refractivity contribution < 1.29 is 13.6 Å². The summed E-state index contributed by atoms with van der Waals surface area (Å²) in [6.07, 6.45) is 0. The Morgan fingerprint density at radius 2 is 1.55 bits per heavy atom. The number of nitrogens with one attached hydrogen (secondary N) is 2. The highest BCUT2D eigenvalue weighted by molar-refractivity contribution is 7.62. The van der Waals surface area contributed by atoms with E-state index < -0.39 is 7.60 Å². The van der Waals surface area contributed by atoms with Crippen LogP contribution in [-0.4, -0.2) is 40.7 Å². The van der Waals surface area contributed by atoms with Crippen molar-refractivity contribution in [3.05, 3.63) is 0 Å². The molecule has 8 nitrogen and oxygen atoms in total. The number of nitrogens with zero attached hydrogens (tertiary/aromatic N) is 3. The molecule has 0 aliphatic carbocycles. The van der Waals surface area contributed by atoms with Crippen LogP contribution in [0, 0.1) is 0 Å². The molecule has 0 fully saturated rings. The van der Waals surface area contributed by atoms with Gasteiger partial charge in [-0.2, -0.15) is 0 Å². The van der Waals surface area contributed by atoms with E-state index in [-0.39, 0.29) is 30.7 Å². The van der Waals surface area contributed by atoms with Gasteiger partial charge < -0.3 is 19.7 Å². The summed E-state index contributed by atoms with van der Waals surface area (Å²) in [7, 11) is -3.55. The lowest BCUT2D eigenvalue weighted by Crippen LogP contribution is -2.27. The molecule has 22 heavy (non-hydrogen) atoms. The van der Waals surface area contributed by atoms with E-state index in [4.69, 9.17) is 9.05 Å².